The van der Waals surface area contributed by atoms with E-state index in [0.29, 0.717) is 0 Å². The summed E-state index contributed by atoms with van der Waals surface area (Å²) in [6, 6.07) is 75.7. The number of aryl methyl sites for hydroxylation is 2. The highest BCUT2D eigenvalue weighted by molar-refractivity contribution is 6.06. The van der Waals surface area contributed by atoms with E-state index in [1.54, 1.807) is 0 Å². The highest BCUT2D eigenvalue weighted by atomic mass is 15.1. The van der Waals surface area contributed by atoms with Gasteiger partial charge < -0.3 is 9.80 Å². The number of fused-ring (bicyclic) bond motifs is 4. The Hall–Kier alpha value is -7.16. The van der Waals surface area contributed by atoms with Crippen molar-refractivity contribution < 1.29 is 0 Å². The van der Waals surface area contributed by atoms with Crippen molar-refractivity contribution in [3.63, 3.8) is 0 Å². The quantitative estimate of drug-likeness (QED) is 0.152. The van der Waals surface area contributed by atoms with Gasteiger partial charge >= 0.3 is 0 Å². The molecule has 284 valence electrons. The molecule has 0 N–H and O–H groups in total. The molecule has 59 heavy (non-hydrogen) atoms. The predicted molar refractivity (Wildman–Crippen MR) is 251 cm³/mol. The molecule has 0 saturated carbocycles. The number of hydrogen-bond donors (Lipinski definition) is 0. The fourth-order valence-electron chi connectivity index (χ4n) is 9.06. The van der Waals surface area contributed by atoms with E-state index in [2.05, 4.69) is 244 Å². The summed E-state index contributed by atoms with van der Waals surface area (Å²) in [7, 11) is 0. The first-order valence-electron chi connectivity index (χ1n) is 20.6. The van der Waals surface area contributed by atoms with Crippen LogP contribution in [0.5, 0.6) is 0 Å². The largest absolute Gasteiger partial charge is 0.311 e. The van der Waals surface area contributed by atoms with Gasteiger partial charge in [-0.3, -0.25) is 0 Å². The van der Waals surface area contributed by atoms with Crippen molar-refractivity contribution in [1.29, 1.82) is 0 Å². The van der Waals surface area contributed by atoms with Crippen molar-refractivity contribution in [3.8, 4) is 33.4 Å². The van der Waals surface area contributed by atoms with E-state index in [0.717, 1.165) is 34.1 Å². The number of nitrogens with zero attached hydrogens (tertiary/aromatic N) is 2. The van der Waals surface area contributed by atoms with Gasteiger partial charge in [0.05, 0.1) is 5.69 Å². The molecule has 0 aliphatic heterocycles. The van der Waals surface area contributed by atoms with Gasteiger partial charge in [-0.1, -0.05) is 165 Å². The van der Waals surface area contributed by atoms with Crippen LogP contribution in [-0.4, -0.2) is 0 Å². The molecule has 9 aromatic carbocycles. The Balaban J connectivity index is 1.09. The first kappa shape index (κ1) is 36.2. The van der Waals surface area contributed by atoms with E-state index in [1.165, 1.54) is 66.4 Å². The summed E-state index contributed by atoms with van der Waals surface area (Å²) in [6.45, 7) is 8.96. The molecule has 9 aromatic rings. The fraction of sp³-hybridized carbons (Fsp3) is 0.0877. The van der Waals surface area contributed by atoms with Gasteiger partial charge in [0.1, 0.15) is 0 Å². The van der Waals surface area contributed by atoms with Crippen molar-refractivity contribution in [3.05, 3.63) is 229 Å². The molecule has 0 saturated heterocycles. The van der Waals surface area contributed by atoms with Gasteiger partial charge in [0.15, 0.2) is 0 Å². The van der Waals surface area contributed by atoms with Crippen molar-refractivity contribution in [2.24, 2.45) is 0 Å². The molecule has 10 rings (SSSR count). The molecule has 1 aliphatic rings. The number of hydrogen-bond acceptors (Lipinski definition) is 2. The number of benzene rings is 9. The zero-order valence-electron chi connectivity index (χ0n) is 34.0. The van der Waals surface area contributed by atoms with E-state index in [-0.39, 0.29) is 5.41 Å². The molecule has 1 aliphatic carbocycles. The number of rotatable bonds is 8. The molecule has 0 atom stereocenters. The third-order valence-corrected chi connectivity index (χ3v) is 12.2. The molecule has 2 nitrogen and oxygen atoms in total. The summed E-state index contributed by atoms with van der Waals surface area (Å²) in [5.74, 6) is 0. The van der Waals surface area contributed by atoms with Crippen LogP contribution in [0.1, 0.15) is 36.1 Å². The molecule has 0 spiro atoms. The van der Waals surface area contributed by atoms with Crippen LogP contribution in [0, 0.1) is 13.8 Å². The van der Waals surface area contributed by atoms with Crippen molar-refractivity contribution in [1.82, 2.24) is 0 Å². The summed E-state index contributed by atoms with van der Waals surface area (Å²) >= 11 is 0. The first-order valence-corrected chi connectivity index (χ1v) is 20.6. The third-order valence-electron chi connectivity index (χ3n) is 12.2. The van der Waals surface area contributed by atoms with Gasteiger partial charge in [0.2, 0.25) is 0 Å². The maximum Gasteiger partial charge on any atom is 0.0540 e. The lowest BCUT2D eigenvalue weighted by Crippen LogP contribution is -2.15. The average Bonchev–Trinajstić information content (AvgIpc) is 3.51. The molecular formula is C57H46N2. The Morgan fingerprint density at radius 3 is 1.44 bits per heavy atom. The summed E-state index contributed by atoms with van der Waals surface area (Å²) in [4.78, 5) is 4.78. The summed E-state index contributed by atoms with van der Waals surface area (Å²) in [5, 5.41) is 2.41. The molecular weight excluding hydrogens is 713 g/mol. The van der Waals surface area contributed by atoms with Crippen molar-refractivity contribution in [2.75, 3.05) is 9.80 Å². The van der Waals surface area contributed by atoms with Gasteiger partial charge in [-0.2, -0.15) is 0 Å². The van der Waals surface area contributed by atoms with E-state index < -0.39 is 0 Å². The summed E-state index contributed by atoms with van der Waals surface area (Å²) < 4.78 is 0. The zero-order chi connectivity index (χ0) is 40.1. The van der Waals surface area contributed by atoms with Crippen LogP contribution in [0.4, 0.5) is 34.1 Å². The highest BCUT2D eigenvalue weighted by Crippen LogP contribution is 2.51. The minimum absolute atomic E-state index is 0.0617. The van der Waals surface area contributed by atoms with Crippen LogP contribution in [0.15, 0.2) is 206 Å². The second-order valence-corrected chi connectivity index (χ2v) is 16.4. The normalized spacial score (nSPS) is 12.5. The average molecular weight is 759 g/mol. The Labute approximate surface area is 348 Å². The Kier molecular flexibility index (Phi) is 8.99. The monoisotopic (exact) mass is 758 g/mol. The molecule has 0 radical (unpaired) electrons. The van der Waals surface area contributed by atoms with Gasteiger partial charge in [-0.05, 0) is 130 Å². The van der Waals surface area contributed by atoms with Crippen LogP contribution in [0.3, 0.4) is 0 Å². The molecule has 0 amide bonds. The van der Waals surface area contributed by atoms with Crippen LogP contribution in [0.25, 0.3) is 44.2 Å². The van der Waals surface area contributed by atoms with E-state index >= 15 is 0 Å². The Bertz CT molecular complexity index is 2900. The Morgan fingerprint density at radius 1 is 0.322 bits per heavy atom. The number of anilines is 6. The molecule has 0 fully saturated rings. The SMILES string of the molecule is Cc1ccc(N(c2ccc(C)cc2)c2ccc(-c3ccc(N(c4ccc(-c5ccccc5)cc4)c4ccc5c(c4)-c4ccccc4C5(C)C)c4ccccc34)cc2)cc1. The molecule has 0 unspecified atom stereocenters. The predicted octanol–water partition coefficient (Wildman–Crippen LogP) is 16.0. The smallest absolute Gasteiger partial charge is 0.0540 e. The van der Waals surface area contributed by atoms with E-state index in [9.17, 15) is 0 Å². The van der Waals surface area contributed by atoms with Gasteiger partial charge in [-0.15, -0.1) is 0 Å². The van der Waals surface area contributed by atoms with Gasteiger partial charge in [0, 0.05) is 39.2 Å². The zero-order valence-corrected chi connectivity index (χ0v) is 34.0. The van der Waals surface area contributed by atoms with Crippen LogP contribution in [0.2, 0.25) is 0 Å². The second-order valence-electron chi connectivity index (χ2n) is 16.4. The van der Waals surface area contributed by atoms with Crippen LogP contribution < -0.4 is 9.80 Å². The highest BCUT2D eigenvalue weighted by Gasteiger charge is 2.35. The lowest BCUT2D eigenvalue weighted by atomic mass is 9.82. The lowest BCUT2D eigenvalue weighted by molar-refractivity contribution is 0.660. The molecule has 0 bridgehead atoms. The second kappa shape index (κ2) is 14.7. The van der Waals surface area contributed by atoms with Crippen LogP contribution >= 0.6 is 0 Å². The summed E-state index contributed by atoms with van der Waals surface area (Å²) in [5.41, 5.74) is 19.4. The standard InChI is InChI=1S/C57H46N2/c1-39-18-26-44(27-19-39)58(45-28-20-40(2)21-29-45)46-32-24-43(25-33-46)49-35-37-56(52-16-9-8-14-50(49)52)59(47-30-22-42(23-31-47)41-12-6-5-7-13-41)48-34-36-55-53(38-48)51-15-10-11-17-54(51)57(55,3)4/h5-38H,1-4H3. The summed E-state index contributed by atoms with van der Waals surface area (Å²) in [6.07, 6.45) is 0. The maximum absolute atomic E-state index is 2.44. The molecule has 0 heterocycles. The van der Waals surface area contributed by atoms with E-state index in [4.69, 9.17) is 0 Å². The van der Waals surface area contributed by atoms with Crippen molar-refractivity contribution >= 4 is 44.9 Å². The van der Waals surface area contributed by atoms with Gasteiger partial charge in [0.25, 0.3) is 0 Å². The fourth-order valence-corrected chi connectivity index (χ4v) is 9.06. The van der Waals surface area contributed by atoms with Crippen molar-refractivity contribution in [2.45, 2.75) is 33.1 Å². The lowest BCUT2D eigenvalue weighted by Gasteiger charge is -2.29. The molecule has 0 aromatic heterocycles. The Morgan fingerprint density at radius 2 is 0.797 bits per heavy atom. The minimum Gasteiger partial charge on any atom is -0.311 e. The third kappa shape index (κ3) is 6.48. The van der Waals surface area contributed by atoms with E-state index in [1.807, 2.05) is 0 Å². The topological polar surface area (TPSA) is 6.48 Å². The van der Waals surface area contributed by atoms with Gasteiger partial charge in [-0.25, -0.2) is 0 Å². The van der Waals surface area contributed by atoms with Crippen LogP contribution in [-0.2, 0) is 5.41 Å². The first-order chi connectivity index (χ1) is 28.8. The minimum atomic E-state index is -0.0617. The maximum atomic E-state index is 2.44. The molecule has 2 heteroatoms.